The molecule has 0 saturated heterocycles. The van der Waals surface area contributed by atoms with Crippen molar-refractivity contribution in [3.63, 3.8) is 0 Å². The maximum absolute atomic E-state index is 12.0. The van der Waals surface area contributed by atoms with E-state index in [9.17, 15) is 9.59 Å². The molecule has 1 rings (SSSR count). The number of benzene rings is 1. The van der Waals surface area contributed by atoms with Crippen LogP contribution in [-0.2, 0) is 16.0 Å². The number of hydrogen-bond acceptors (Lipinski definition) is 3. The number of aryl methyl sites for hydroxylation is 1. The first-order chi connectivity index (χ1) is 10.7. The summed E-state index contributed by atoms with van der Waals surface area (Å²) in [6.45, 7) is 7.49. The maximum atomic E-state index is 12.0. The Morgan fingerprint density at radius 3 is 2.48 bits per heavy atom. The molecule has 0 fully saturated rings. The molecule has 0 radical (unpaired) electrons. The largest absolute Gasteiger partial charge is 0.378 e. The third kappa shape index (κ3) is 5.77. The summed E-state index contributed by atoms with van der Waals surface area (Å²) in [7, 11) is 5.61. The van der Waals surface area contributed by atoms with Crippen LogP contribution in [0.5, 0.6) is 0 Å². The fourth-order valence-electron chi connectivity index (χ4n) is 2.34. The molecule has 0 aliphatic heterocycles. The number of nitrogens with one attached hydrogen (secondary N) is 1. The van der Waals surface area contributed by atoms with E-state index in [-0.39, 0.29) is 24.4 Å². The van der Waals surface area contributed by atoms with Gasteiger partial charge in [0.1, 0.15) is 0 Å². The van der Waals surface area contributed by atoms with Gasteiger partial charge in [-0.3, -0.25) is 9.59 Å². The molecule has 0 spiro atoms. The van der Waals surface area contributed by atoms with Crippen LogP contribution in [0.15, 0.2) is 30.9 Å². The lowest BCUT2D eigenvalue weighted by atomic mass is 10.0. The Hall–Kier alpha value is -2.30. The lowest BCUT2D eigenvalue weighted by Crippen LogP contribution is -2.42. The normalized spacial score (nSPS) is 11.5. The fraction of sp³-hybridized carbons (Fsp3) is 0.444. The van der Waals surface area contributed by atoms with Gasteiger partial charge in [0.05, 0.1) is 6.54 Å². The van der Waals surface area contributed by atoms with Crippen molar-refractivity contribution in [2.75, 3.05) is 32.6 Å². The van der Waals surface area contributed by atoms with E-state index in [1.807, 2.05) is 21.0 Å². The van der Waals surface area contributed by atoms with Crippen molar-refractivity contribution in [2.24, 2.45) is 0 Å². The van der Waals surface area contributed by atoms with Crippen molar-refractivity contribution < 1.29 is 9.59 Å². The number of anilines is 1. The molecule has 5 heteroatoms. The van der Waals surface area contributed by atoms with E-state index in [0.717, 1.165) is 12.1 Å². The molecule has 0 aromatic heterocycles. The summed E-state index contributed by atoms with van der Waals surface area (Å²) in [4.78, 5) is 26.7. The van der Waals surface area contributed by atoms with Crippen LogP contribution in [0.2, 0.25) is 0 Å². The van der Waals surface area contributed by atoms with E-state index >= 15 is 0 Å². The first-order valence-corrected chi connectivity index (χ1v) is 7.68. The Morgan fingerprint density at radius 2 is 1.96 bits per heavy atom. The van der Waals surface area contributed by atoms with E-state index in [4.69, 9.17) is 0 Å². The second-order valence-corrected chi connectivity index (χ2v) is 6.08. The van der Waals surface area contributed by atoms with E-state index in [1.165, 1.54) is 22.1 Å². The van der Waals surface area contributed by atoms with Crippen molar-refractivity contribution in [1.82, 2.24) is 10.2 Å². The van der Waals surface area contributed by atoms with Crippen molar-refractivity contribution in [3.8, 4) is 0 Å². The third-order valence-electron chi connectivity index (χ3n) is 3.71. The highest BCUT2D eigenvalue weighted by atomic mass is 16.2. The first kappa shape index (κ1) is 18.7. The SMILES string of the molecule is C=CC(=O)N(C)CC(=O)NC(C)Cc1ccc(N(C)C)cc1C. The van der Waals surface area contributed by atoms with Crippen LogP contribution in [0.4, 0.5) is 5.69 Å². The van der Waals surface area contributed by atoms with Gasteiger partial charge < -0.3 is 15.1 Å². The minimum atomic E-state index is -0.261. The zero-order valence-electron chi connectivity index (χ0n) is 14.7. The minimum absolute atomic E-state index is 0.00126. The van der Waals surface area contributed by atoms with Gasteiger partial charge in [0.25, 0.3) is 0 Å². The van der Waals surface area contributed by atoms with Crippen molar-refractivity contribution in [3.05, 3.63) is 42.0 Å². The van der Waals surface area contributed by atoms with Gasteiger partial charge in [0.15, 0.2) is 0 Å². The van der Waals surface area contributed by atoms with Gasteiger partial charge in [-0.15, -0.1) is 0 Å². The van der Waals surface area contributed by atoms with Gasteiger partial charge in [-0.05, 0) is 49.6 Å². The standard InChI is InChI=1S/C18H27N3O2/c1-7-18(23)21(6)12-17(22)19-14(3)11-15-8-9-16(20(4)5)10-13(15)2/h7-10,14H,1,11-12H2,2-6H3,(H,19,22). The molecule has 2 amide bonds. The maximum Gasteiger partial charge on any atom is 0.246 e. The average molecular weight is 317 g/mol. The van der Waals surface area contributed by atoms with Gasteiger partial charge in [0.2, 0.25) is 11.8 Å². The molecule has 0 bridgehead atoms. The van der Waals surface area contributed by atoms with Gasteiger partial charge in [-0.25, -0.2) is 0 Å². The van der Waals surface area contributed by atoms with E-state index < -0.39 is 0 Å². The number of hydrogen-bond donors (Lipinski definition) is 1. The first-order valence-electron chi connectivity index (χ1n) is 7.68. The highest BCUT2D eigenvalue weighted by Gasteiger charge is 2.13. The molecule has 0 heterocycles. The van der Waals surface area contributed by atoms with Crippen LogP contribution >= 0.6 is 0 Å². The Kier molecular flexibility index (Phi) is 6.82. The molecule has 1 unspecified atom stereocenters. The highest BCUT2D eigenvalue weighted by molar-refractivity contribution is 5.90. The quantitative estimate of drug-likeness (QED) is 0.780. The molecule has 126 valence electrons. The minimum Gasteiger partial charge on any atom is -0.378 e. The lowest BCUT2D eigenvalue weighted by molar-refractivity contribution is -0.131. The fourth-order valence-corrected chi connectivity index (χ4v) is 2.34. The smallest absolute Gasteiger partial charge is 0.246 e. The Bertz CT molecular complexity index is 582. The molecule has 0 saturated carbocycles. The predicted octanol–water partition coefficient (Wildman–Crippen LogP) is 1.75. The van der Waals surface area contributed by atoms with Crippen molar-refractivity contribution in [2.45, 2.75) is 26.3 Å². The summed E-state index contributed by atoms with van der Waals surface area (Å²) in [6.07, 6.45) is 1.96. The lowest BCUT2D eigenvalue weighted by Gasteiger charge is -2.20. The third-order valence-corrected chi connectivity index (χ3v) is 3.71. The number of likely N-dealkylation sites (N-methyl/N-ethyl adjacent to an activating group) is 1. The number of rotatable bonds is 7. The van der Waals surface area contributed by atoms with Crippen LogP contribution in [-0.4, -0.2) is 50.4 Å². The highest BCUT2D eigenvalue weighted by Crippen LogP contribution is 2.18. The van der Waals surface area contributed by atoms with E-state index in [1.54, 1.807) is 7.05 Å². The van der Waals surface area contributed by atoms with Crippen molar-refractivity contribution in [1.29, 1.82) is 0 Å². The van der Waals surface area contributed by atoms with Gasteiger partial charge >= 0.3 is 0 Å². The molecule has 0 aliphatic carbocycles. The zero-order chi connectivity index (χ0) is 17.6. The molecule has 1 atom stereocenters. The molecular weight excluding hydrogens is 290 g/mol. The molecule has 1 aromatic carbocycles. The molecular formula is C18H27N3O2. The van der Waals surface area contributed by atoms with Gasteiger partial charge in [0, 0.05) is 32.9 Å². The topological polar surface area (TPSA) is 52.7 Å². The second-order valence-electron chi connectivity index (χ2n) is 6.08. The van der Waals surface area contributed by atoms with E-state index in [0.29, 0.717) is 0 Å². The molecule has 23 heavy (non-hydrogen) atoms. The number of carbonyl (C=O) groups excluding carboxylic acids is 2. The molecule has 1 N–H and O–H groups in total. The summed E-state index contributed by atoms with van der Waals surface area (Å²) < 4.78 is 0. The van der Waals surface area contributed by atoms with Crippen LogP contribution in [0.1, 0.15) is 18.1 Å². The Labute approximate surface area is 139 Å². The summed E-state index contributed by atoms with van der Waals surface area (Å²) in [6, 6.07) is 6.31. The van der Waals surface area contributed by atoms with E-state index in [2.05, 4.69) is 41.9 Å². The van der Waals surface area contributed by atoms with Gasteiger partial charge in [-0.2, -0.15) is 0 Å². The Balaban J connectivity index is 2.59. The predicted molar refractivity (Wildman–Crippen MR) is 94.6 cm³/mol. The summed E-state index contributed by atoms with van der Waals surface area (Å²) in [5.41, 5.74) is 3.57. The summed E-state index contributed by atoms with van der Waals surface area (Å²) in [5.74, 6) is -0.430. The average Bonchev–Trinajstić information content (AvgIpc) is 2.47. The van der Waals surface area contributed by atoms with Crippen LogP contribution in [0.25, 0.3) is 0 Å². The molecule has 0 aliphatic rings. The van der Waals surface area contributed by atoms with Crippen molar-refractivity contribution >= 4 is 17.5 Å². The number of carbonyl (C=O) groups is 2. The summed E-state index contributed by atoms with van der Waals surface area (Å²) >= 11 is 0. The molecule has 5 nitrogen and oxygen atoms in total. The molecule has 1 aromatic rings. The summed E-state index contributed by atoms with van der Waals surface area (Å²) in [5, 5.41) is 2.93. The second kappa shape index (κ2) is 8.36. The zero-order valence-corrected chi connectivity index (χ0v) is 14.7. The van der Waals surface area contributed by atoms with Crippen LogP contribution in [0.3, 0.4) is 0 Å². The Morgan fingerprint density at radius 1 is 1.30 bits per heavy atom. The monoisotopic (exact) mass is 317 g/mol. The van der Waals surface area contributed by atoms with Crippen LogP contribution < -0.4 is 10.2 Å². The van der Waals surface area contributed by atoms with Gasteiger partial charge in [-0.1, -0.05) is 12.6 Å². The number of nitrogens with zero attached hydrogens (tertiary/aromatic N) is 2. The van der Waals surface area contributed by atoms with Crippen LogP contribution in [0, 0.1) is 6.92 Å². The number of amides is 2.